The molecule has 0 bridgehead atoms. The molecule has 3 heterocycles. The third-order valence-electron chi connectivity index (χ3n) is 4.88. The van der Waals surface area contributed by atoms with E-state index >= 15 is 0 Å². The Morgan fingerprint density at radius 3 is 2.61 bits per heavy atom. The standard InChI is InChI=1S/C21H24N6S/c1-3-27(4-2)13-8-12-22-21-19-18(15-9-5-6-10-16(15)25-26-19)23-20(24-21)17-11-7-14-28-17/h5-7,9-11,14H,3-4,8,12-13H2,1-2H3,(H,22,23,24). The first-order valence-electron chi connectivity index (χ1n) is 9.73. The van der Waals surface area contributed by atoms with E-state index in [-0.39, 0.29) is 0 Å². The van der Waals surface area contributed by atoms with Gasteiger partial charge in [-0.1, -0.05) is 38.1 Å². The summed E-state index contributed by atoms with van der Waals surface area (Å²) in [5, 5.41) is 15.3. The average Bonchev–Trinajstić information content (AvgIpc) is 3.28. The maximum absolute atomic E-state index is 4.84. The van der Waals surface area contributed by atoms with Crippen molar-refractivity contribution >= 4 is 39.1 Å². The van der Waals surface area contributed by atoms with Crippen molar-refractivity contribution in [3.8, 4) is 10.7 Å². The SMILES string of the molecule is CCN(CC)CCCNc1nc(-c2cccs2)nc2c1nnc1ccccc12. The van der Waals surface area contributed by atoms with Crippen LogP contribution in [0.25, 0.3) is 32.6 Å². The van der Waals surface area contributed by atoms with Gasteiger partial charge in [0.15, 0.2) is 17.2 Å². The molecular formula is C21H24N6S. The average molecular weight is 393 g/mol. The lowest BCUT2D eigenvalue weighted by atomic mass is 10.2. The number of thiophene rings is 1. The van der Waals surface area contributed by atoms with Gasteiger partial charge in [-0.15, -0.1) is 21.5 Å². The third kappa shape index (κ3) is 3.81. The highest BCUT2D eigenvalue weighted by Crippen LogP contribution is 2.29. The summed E-state index contributed by atoms with van der Waals surface area (Å²) < 4.78 is 0. The summed E-state index contributed by atoms with van der Waals surface area (Å²) in [7, 11) is 0. The Balaban J connectivity index is 1.70. The molecule has 4 rings (SSSR count). The summed E-state index contributed by atoms with van der Waals surface area (Å²) in [5.74, 6) is 1.48. The second kappa shape index (κ2) is 8.58. The molecule has 0 atom stereocenters. The van der Waals surface area contributed by atoms with Crippen molar-refractivity contribution in [2.24, 2.45) is 0 Å². The number of hydrogen-bond donors (Lipinski definition) is 1. The fraction of sp³-hybridized carbons (Fsp3) is 0.333. The van der Waals surface area contributed by atoms with Crippen LogP contribution in [0.15, 0.2) is 41.8 Å². The van der Waals surface area contributed by atoms with Gasteiger partial charge in [0.2, 0.25) is 0 Å². The van der Waals surface area contributed by atoms with Crippen molar-refractivity contribution in [1.29, 1.82) is 0 Å². The molecule has 0 aliphatic heterocycles. The maximum Gasteiger partial charge on any atom is 0.172 e. The highest BCUT2D eigenvalue weighted by atomic mass is 32.1. The van der Waals surface area contributed by atoms with Crippen LogP contribution in [0.1, 0.15) is 20.3 Å². The van der Waals surface area contributed by atoms with Gasteiger partial charge in [0.25, 0.3) is 0 Å². The molecule has 6 nitrogen and oxygen atoms in total. The second-order valence-corrected chi connectivity index (χ2v) is 7.54. The Hall–Kier alpha value is -2.64. The van der Waals surface area contributed by atoms with Crippen LogP contribution >= 0.6 is 11.3 Å². The zero-order chi connectivity index (χ0) is 19.3. The minimum Gasteiger partial charge on any atom is -0.368 e. The van der Waals surface area contributed by atoms with Crippen LogP contribution in [-0.2, 0) is 0 Å². The van der Waals surface area contributed by atoms with E-state index in [9.17, 15) is 0 Å². The van der Waals surface area contributed by atoms with E-state index in [1.807, 2.05) is 41.8 Å². The predicted octanol–water partition coefficient (Wildman–Crippen LogP) is 4.45. The van der Waals surface area contributed by atoms with E-state index in [1.54, 1.807) is 11.3 Å². The minimum absolute atomic E-state index is 0.724. The minimum atomic E-state index is 0.724. The molecular weight excluding hydrogens is 368 g/mol. The van der Waals surface area contributed by atoms with Crippen LogP contribution < -0.4 is 5.32 Å². The summed E-state index contributed by atoms with van der Waals surface area (Å²) in [5.41, 5.74) is 2.41. The van der Waals surface area contributed by atoms with Crippen LogP contribution in [0.2, 0.25) is 0 Å². The lowest BCUT2D eigenvalue weighted by Gasteiger charge is -2.18. The maximum atomic E-state index is 4.84. The van der Waals surface area contributed by atoms with E-state index in [4.69, 9.17) is 9.97 Å². The van der Waals surface area contributed by atoms with Gasteiger partial charge in [0.1, 0.15) is 5.52 Å². The van der Waals surface area contributed by atoms with E-state index < -0.39 is 0 Å². The van der Waals surface area contributed by atoms with Crippen molar-refractivity contribution in [2.45, 2.75) is 20.3 Å². The fourth-order valence-electron chi connectivity index (χ4n) is 3.29. The monoisotopic (exact) mass is 392 g/mol. The lowest BCUT2D eigenvalue weighted by molar-refractivity contribution is 0.303. The largest absolute Gasteiger partial charge is 0.368 e. The number of rotatable bonds is 8. The van der Waals surface area contributed by atoms with Gasteiger partial charge < -0.3 is 10.2 Å². The van der Waals surface area contributed by atoms with Crippen LogP contribution in [0, 0.1) is 0 Å². The molecule has 0 spiro atoms. The van der Waals surface area contributed by atoms with Gasteiger partial charge in [-0.25, -0.2) is 9.97 Å². The summed E-state index contributed by atoms with van der Waals surface area (Å²) in [4.78, 5) is 13.1. The first-order chi connectivity index (χ1) is 13.8. The molecule has 0 saturated heterocycles. The number of hydrogen-bond acceptors (Lipinski definition) is 7. The molecule has 1 aromatic carbocycles. The molecule has 0 amide bonds. The number of fused-ring (bicyclic) bond motifs is 3. The van der Waals surface area contributed by atoms with Crippen LogP contribution in [0.3, 0.4) is 0 Å². The van der Waals surface area contributed by atoms with Crippen molar-refractivity contribution in [1.82, 2.24) is 25.1 Å². The quantitative estimate of drug-likeness (QED) is 0.353. The molecule has 144 valence electrons. The van der Waals surface area contributed by atoms with Crippen LogP contribution in [-0.4, -0.2) is 51.2 Å². The van der Waals surface area contributed by atoms with Gasteiger partial charge in [-0.3, -0.25) is 0 Å². The van der Waals surface area contributed by atoms with E-state index in [0.29, 0.717) is 0 Å². The first kappa shape index (κ1) is 18.7. The molecule has 0 aliphatic carbocycles. The highest BCUT2D eigenvalue weighted by molar-refractivity contribution is 7.13. The Morgan fingerprint density at radius 2 is 1.82 bits per heavy atom. The second-order valence-electron chi connectivity index (χ2n) is 6.59. The highest BCUT2D eigenvalue weighted by Gasteiger charge is 2.14. The summed E-state index contributed by atoms with van der Waals surface area (Å²) in [6.07, 6.45) is 1.04. The molecule has 0 saturated carbocycles. The molecule has 28 heavy (non-hydrogen) atoms. The normalized spacial score (nSPS) is 11.5. The molecule has 4 aromatic rings. The van der Waals surface area contributed by atoms with Gasteiger partial charge in [-0.2, -0.15) is 0 Å². The third-order valence-corrected chi connectivity index (χ3v) is 5.75. The Kier molecular flexibility index (Phi) is 5.73. The number of nitrogens with one attached hydrogen (secondary N) is 1. The van der Waals surface area contributed by atoms with E-state index in [0.717, 1.165) is 71.1 Å². The van der Waals surface area contributed by atoms with Crippen molar-refractivity contribution in [3.05, 3.63) is 41.8 Å². The van der Waals surface area contributed by atoms with Crippen molar-refractivity contribution in [3.63, 3.8) is 0 Å². The Labute approximate surface area is 168 Å². The molecule has 0 aliphatic rings. The lowest BCUT2D eigenvalue weighted by Crippen LogP contribution is -2.25. The fourth-order valence-corrected chi connectivity index (χ4v) is 3.95. The van der Waals surface area contributed by atoms with Crippen molar-refractivity contribution in [2.75, 3.05) is 31.5 Å². The Bertz CT molecular complexity index is 1060. The number of anilines is 1. The van der Waals surface area contributed by atoms with Gasteiger partial charge in [0, 0.05) is 11.9 Å². The number of nitrogens with zero attached hydrogens (tertiary/aromatic N) is 5. The summed E-state index contributed by atoms with van der Waals surface area (Å²) in [6.45, 7) is 8.45. The molecule has 0 fully saturated rings. The zero-order valence-electron chi connectivity index (χ0n) is 16.2. The zero-order valence-corrected chi connectivity index (χ0v) is 17.0. The molecule has 0 radical (unpaired) electrons. The molecule has 1 N–H and O–H groups in total. The first-order valence-corrected chi connectivity index (χ1v) is 10.6. The smallest absolute Gasteiger partial charge is 0.172 e. The molecule has 7 heteroatoms. The number of aromatic nitrogens is 4. The molecule has 0 unspecified atom stereocenters. The van der Waals surface area contributed by atoms with Crippen molar-refractivity contribution < 1.29 is 0 Å². The summed E-state index contributed by atoms with van der Waals surface area (Å²) in [6, 6.07) is 12.1. The van der Waals surface area contributed by atoms with Crippen LogP contribution in [0.4, 0.5) is 5.82 Å². The predicted molar refractivity (Wildman–Crippen MR) is 117 cm³/mol. The summed E-state index contributed by atoms with van der Waals surface area (Å²) >= 11 is 1.64. The van der Waals surface area contributed by atoms with E-state index in [1.165, 1.54) is 0 Å². The number of benzene rings is 1. The van der Waals surface area contributed by atoms with E-state index in [2.05, 4.69) is 34.3 Å². The molecule has 3 aromatic heterocycles. The Morgan fingerprint density at radius 1 is 0.964 bits per heavy atom. The van der Waals surface area contributed by atoms with Crippen LogP contribution in [0.5, 0.6) is 0 Å². The topological polar surface area (TPSA) is 66.8 Å². The van der Waals surface area contributed by atoms with Gasteiger partial charge in [-0.05, 0) is 43.6 Å². The van der Waals surface area contributed by atoms with Gasteiger partial charge in [0.05, 0.1) is 10.4 Å². The van der Waals surface area contributed by atoms with Gasteiger partial charge >= 0.3 is 0 Å².